The van der Waals surface area contributed by atoms with Gasteiger partial charge < -0.3 is 10.8 Å². The van der Waals surface area contributed by atoms with Crippen molar-refractivity contribution in [1.29, 1.82) is 0 Å². The first-order chi connectivity index (χ1) is 16.6. The summed E-state index contributed by atoms with van der Waals surface area (Å²) in [6, 6.07) is 20.6. The van der Waals surface area contributed by atoms with Gasteiger partial charge in [0.05, 0.1) is 16.3 Å². The van der Waals surface area contributed by atoms with Gasteiger partial charge in [0.15, 0.2) is 6.04 Å². The number of benzene rings is 2. The molecule has 1 fully saturated rings. The largest absolute Gasteiger partial charge is 0.857 e. The second kappa shape index (κ2) is 8.07. The van der Waals surface area contributed by atoms with Gasteiger partial charge in [-0.1, -0.05) is 60.2 Å². The number of anilines is 1. The summed E-state index contributed by atoms with van der Waals surface area (Å²) in [4.78, 5) is 10.0. The Bertz CT molecular complexity index is 1530. The molecule has 168 valence electrons. The number of fused-ring (bicyclic) bond motifs is 1. The highest BCUT2D eigenvalue weighted by atomic mass is 32.1. The monoisotopic (exact) mass is 467 g/mol. The highest BCUT2D eigenvalue weighted by Crippen LogP contribution is 2.41. The minimum Gasteiger partial charge on any atom is -0.857 e. The van der Waals surface area contributed by atoms with Crippen LogP contribution < -0.4 is 15.5 Å². The van der Waals surface area contributed by atoms with Gasteiger partial charge in [-0.3, -0.25) is 4.52 Å². The van der Waals surface area contributed by atoms with Crippen molar-refractivity contribution in [2.75, 3.05) is 5.73 Å². The Labute approximate surface area is 199 Å². The van der Waals surface area contributed by atoms with Gasteiger partial charge in [-0.15, -0.1) is 11.3 Å². The molecule has 7 nitrogen and oxygen atoms in total. The SMILES string of the molecule is Cc1ccc(-c2cc(-c3ccccc3)nc3sc(/C([O-])=N/c4c[n+](C5CC5)no4)c(N)c23)cc1. The van der Waals surface area contributed by atoms with Crippen molar-refractivity contribution in [2.24, 2.45) is 4.99 Å². The maximum Gasteiger partial charge on any atom is 0.320 e. The molecule has 3 heterocycles. The molecular weight excluding hydrogens is 446 g/mol. The number of thiophene rings is 1. The third kappa shape index (κ3) is 3.72. The van der Waals surface area contributed by atoms with Crippen LogP contribution in [0.25, 0.3) is 32.6 Å². The van der Waals surface area contributed by atoms with Crippen LogP contribution in [0.5, 0.6) is 0 Å². The molecule has 0 unspecified atom stereocenters. The highest BCUT2D eigenvalue weighted by molar-refractivity contribution is 7.21. The van der Waals surface area contributed by atoms with E-state index >= 15 is 0 Å². The molecule has 1 saturated carbocycles. The number of hydrogen-bond acceptors (Lipinski definition) is 7. The standard InChI is InChI=1S/C26H21N5O2S/c1-15-7-9-16(10-8-15)19-13-20(17-5-3-2-4-6-17)28-26-22(19)23(27)24(34-26)25(32)29-21-14-31(30-33-21)18-11-12-18/h2-10,13-14,18H,11-12H2,1H3,(H2-,27,29,30,32). The molecule has 8 heteroatoms. The lowest BCUT2D eigenvalue weighted by Gasteiger charge is -2.10. The predicted molar refractivity (Wildman–Crippen MR) is 131 cm³/mol. The van der Waals surface area contributed by atoms with Gasteiger partial charge in [-0.25, -0.2) is 9.98 Å². The number of aromatic nitrogens is 3. The quantitative estimate of drug-likeness (QED) is 0.232. The Balaban J connectivity index is 1.51. The average molecular weight is 468 g/mol. The summed E-state index contributed by atoms with van der Waals surface area (Å²) in [6.45, 7) is 2.05. The molecule has 5 aromatic rings. The minimum absolute atomic E-state index is 0.172. The molecule has 0 aliphatic heterocycles. The maximum absolute atomic E-state index is 13.1. The summed E-state index contributed by atoms with van der Waals surface area (Å²) in [5.74, 6) is -0.291. The molecule has 3 aromatic heterocycles. The molecule has 0 saturated heterocycles. The smallest absolute Gasteiger partial charge is 0.320 e. The lowest BCUT2D eigenvalue weighted by molar-refractivity contribution is -0.765. The highest BCUT2D eigenvalue weighted by Gasteiger charge is 2.35. The zero-order valence-corrected chi connectivity index (χ0v) is 19.2. The number of rotatable bonds is 5. The van der Waals surface area contributed by atoms with Crippen molar-refractivity contribution in [3.63, 3.8) is 0 Å². The minimum atomic E-state index is -0.462. The first-order valence-corrected chi connectivity index (χ1v) is 11.9. The molecule has 0 atom stereocenters. The van der Waals surface area contributed by atoms with Crippen molar-refractivity contribution >= 4 is 39.0 Å². The van der Waals surface area contributed by atoms with Crippen molar-refractivity contribution in [3.8, 4) is 22.4 Å². The normalized spacial score (nSPS) is 14.1. The predicted octanol–water partition coefficient (Wildman–Crippen LogP) is 4.57. The Kier molecular flexibility index (Phi) is 4.88. The van der Waals surface area contributed by atoms with Crippen LogP contribution >= 0.6 is 11.3 Å². The molecule has 1 aliphatic carbocycles. The molecule has 2 N–H and O–H groups in total. The topological polar surface area (TPSA) is 104 Å². The fourth-order valence-electron chi connectivity index (χ4n) is 3.96. The van der Waals surface area contributed by atoms with Gasteiger partial charge in [0.25, 0.3) is 6.20 Å². The van der Waals surface area contributed by atoms with Gasteiger partial charge in [-0.05, 0) is 28.8 Å². The van der Waals surface area contributed by atoms with Crippen molar-refractivity contribution in [1.82, 2.24) is 10.3 Å². The van der Waals surface area contributed by atoms with Crippen LogP contribution in [0.4, 0.5) is 11.6 Å². The van der Waals surface area contributed by atoms with E-state index in [0.717, 1.165) is 40.6 Å². The Morgan fingerprint density at radius 1 is 1.12 bits per heavy atom. The number of aryl methyl sites for hydroxylation is 1. The third-order valence-corrected chi connectivity index (χ3v) is 7.02. The second-order valence-electron chi connectivity index (χ2n) is 8.48. The van der Waals surface area contributed by atoms with Gasteiger partial charge >= 0.3 is 5.88 Å². The lowest BCUT2D eigenvalue weighted by atomic mass is 9.99. The fraction of sp³-hybridized carbons (Fsp3) is 0.154. The van der Waals surface area contributed by atoms with Crippen LogP contribution in [0.2, 0.25) is 0 Å². The van der Waals surface area contributed by atoms with Crippen LogP contribution in [0.15, 0.2) is 76.4 Å². The second-order valence-corrected chi connectivity index (χ2v) is 9.48. The summed E-state index contributed by atoms with van der Waals surface area (Å²) in [5.41, 5.74) is 11.9. The van der Waals surface area contributed by atoms with Gasteiger partial charge in [0, 0.05) is 29.7 Å². The first-order valence-electron chi connectivity index (χ1n) is 11.1. The van der Waals surface area contributed by atoms with E-state index in [4.69, 9.17) is 15.2 Å². The number of hydrogen-bond donors (Lipinski definition) is 1. The average Bonchev–Trinajstić information content (AvgIpc) is 3.51. The maximum atomic E-state index is 13.1. The molecule has 6 rings (SSSR count). The number of pyridine rings is 1. The van der Waals surface area contributed by atoms with Crippen molar-refractivity contribution in [2.45, 2.75) is 25.8 Å². The zero-order valence-electron chi connectivity index (χ0n) is 18.4. The van der Waals surface area contributed by atoms with Gasteiger partial charge in [0.2, 0.25) is 5.27 Å². The van der Waals surface area contributed by atoms with Gasteiger partial charge in [-0.2, -0.15) is 0 Å². The molecular formula is C26H21N5O2S. The summed E-state index contributed by atoms with van der Waals surface area (Å²) in [7, 11) is 0. The summed E-state index contributed by atoms with van der Waals surface area (Å²) in [5, 5.41) is 17.8. The number of nitrogens with two attached hydrogens (primary N) is 1. The van der Waals surface area contributed by atoms with Crippen LogP contribution in [-0.4, -0.2) is 16.2 Å². The molecule has 0 amide bonds. The van der Waals surface area contributed by atoms with E-state index < -0.39 is 5.90 Å². The number of aliphatic imine (C=N–C) groups is 1. The molecule has 34 heavy (non-hydrogen) atoms. The third-order valence-electron chi connectivity index (χ3n) is 5.93. The van der Waals surface area contributed by atoms with E-state index in [-0.39, 0.29) is 5.88 Å². The van der Waals surface area contributed by atoms with Gasteiger partial charge in [0.1, 0.15) is 4.83 Å². The number of nitrogens with zero attached hydrogens (tertiary/aromatic N) is 4. The van der Waals surface area contributed by atoms with E-state index in [0.29, 0.717) is 21.4 Å². The molecule has 0 radical (unpaired) electrons. The first kappa shape index (κ1) is 20.6. The van der Waals surface area contributed by atoms with E-state index in [1.54, 1.807) is 10.9 Å². The molecule has 0 bridgehead atoms. The Morgan fingerprint density at radius 2 is 1.88 bits per heavy atom. The summed E-state index contributed by atoms with van der Waals surface area (Å²) in [6.07, 6.45) is 3.78. The molecule has 2 aromatic carbocycles. The van der Waals surface area contributed by atoms with E-state index in [9.17, 15) is 5.11 Å². The zero-order chi connectivity index (χ0) is 23.2. The van der Waals surface area contributed by atoms with Crippen molar-refractivity contribution in [3.05, 3.63) is 77.3 Å². The van der Waals surface area contributed by atoms with Crippen LogP contribution in [0.1, 0.15) is 29.3 Å². The van der Waals surface area contributed by atoms with E-state index in [1.165, 1.54) is 16.9 Å². The van der Waals surface area contributed by atoms with Crippen LogP contribution in [0, 0.1) is 6.92 Å². The van der Waals surface area contributed by atoms with Crippen LogP contribution in [-0.2, 0) is 0 Å². The van der Waals surface area contributed by atoms with Crippen LogP contribution in [0.3, 0.4) is 0 Å². The Hall–Kier alpha value is -4.04. The van der Waals surface area contributed by atoms with Crippen molar-refractivity contribution < 1.29 is 14.3 Å². The lowest BCUT2D eigenvalue weighted by Crippen LogP contribution is -2.32. The molecule has 1 aliphatic rings. The fourth-order valence-corrected chi connectivity index (χ4v) is 4.96. The summed E-state index contributed by atoms with van der Waals surface area (Å²) < 4.78 is 6.94. The summed E-state index contributed by atoms with van der Waals surface area (Å²) >= 11 is 1.25. The Morgan fingerprint density at radius 3 is 2.62 bits per heavy atom. The number of nitrogen functional groups attached to an aromatic ring is 1. The van der Waals surface area contributed by atoms with E-state index in [2.05, 4.69) is 41.5 Å². The molecule has 0 spiro atoms. The van der Waals surface area contributed by atoms with E-state index in [1.807, 2.05) is 36.4 Å².